The van der Waals surface area contributed by atoms with E-state index in [-0.39, 0.29) is 5.82 Å². The van der Waals surface area contributed by atoms with Crippen LogP contribution < -0.4 is 0 Å². The number of nitrogens with zero attached hydrogens (tertiary/aromatic N) is 1. The Kier molecular flexibility index (Phi) is 4.04. The van der Waals surface area contributed by atoms with Gasteiger partial charge in [-0.3, -0.25) is 4.79 Å². The van der Waals surface area contributed by atoms with Crippen LogP contribution in [0.15, 0.2) is 35.8 Å². The molecular weight excluding hydrogens is 253 g/mol. The van der Waals surface area contributed by atoms with E-state index >= 15 is 0 Å². The van der Waals surface area contributed by atoms with Gasteiger partial charge in [0.05, 0.1) is 10.9 Å². The summed E-state index contributed by atoms with van der Waals surface area (Å²) in [4.78, 5) is 15.3. The van der Waals surface area contributed by atoms with Crippen molar-refractivity contribution in [3.8, 4) is 0 Å². The fraction of sp³-hybridized carbons (Fsp3) is 0.231. The molecule has 1 unspecified atom stereocenters. The monoisotopic (exact) mass is 265 g/mol. The molecule has 1 heterocycles. The molecule has 0 radical (unpaired) electrons. The zero-order valence-electron chi connectivity index (χ0n) is 9.54. The summed E-state index contributed by atoms with van der Waals surface area (Å²) in [5.41, 5.74) is 0.820. The lowest BCUT2D eigenvalue weighted by Crippen LogP contribution is -2.19. The fourth-order valence-corrected chi connectivity index (χ4v) is 2.41. The largest absolute Gasteiger partial charge is 0.481 e. The third-order valence-electron chi connectivity index (χ3n) is 2.65. The van der Waals surface area contributed by atoms with Gasteiger partial charge >= 0.3 is 5.97 Å². The summed E-state index contributed by atoms with van der Waals surface area (Å²) in [5, 5.41) is 11.8. The minimum Gasteiger partial charge on any atom is -0.481 e. The zero-order valence-corrected chi connectivity index (χ0v) is 10.4. The van der Waals surface area contributed by atoms with Gasteiger partial charge in [0.25, 0.3) is 0 Å². The molecule has 0 bridgehead atoms. The van der Waals surface area contributed by atoms with Crippen LogP contribution in [0, 0.1) is 11.7 Å². The minimum atomic E-state index is -0.852. The van der Waals surface area contributed by atoms with Crippen molar-refractivity contribution in [2.24, 2.45) is 5.92 Å². The van der Waals surface area contributed by atoms with E-state index in [1.54, 1.807) is 18.3 Å². The summed E-state index contributed by atoms with van der Waals surface area (Å²) in [5.74, 6) is -1.69. The van der Waals surface area contributed by atoms with Gasteiger partial charge in [-0.2, -0.15) is 0 Å². The van der Waals surface area contributed by atoms with Gasteiger partial charge in [0.15, 0.2) is 0 Å². The molecule has 18 heavy (non-hydrogen) atoms. The molecule has 0 amide bonds. The molecule has 0 saturated heterocycles. The summed E-state index contributed by atoms with van der Waals surface area (Å²) < 4.78 is 12.8. The molecule has 0 aliphatic rings. The predicted octanol–water partition coefficient (Wildman–Crippen LogP) is 2.77. The van der Waals surface area contributed by atoms with E-state index in [2.05, 4.69) is 4.98 Å². The summed E-state index contributed by atoms with van der Waals surface area (Å²) in [7, 11) is 0. The van der Waals surface area contributed by atoms with Crippen LogP contribution in [0.5, 0.6) is 0 Å². The second-order valence-electron chi connectivity index (χ2n) is 4.00. The molecule has 0 spiro atoms. The highest BCUT2D eigenvalue weighted by Gasteiger charge is 2.19. The fourth-order valence-electron chi connectivity index (χ4n) is 1.72. The van der Waals surface area contributed by atoms with Gasteiger partial charge in [-0.1, -0.05) is 12.1 Å². The summed E-state index contributed by atoms with van der Waals surface area (Å²) >= 11 is 1.45. The van der Waals surface area contributed by atoms with Crippen molar-refractivity contribution in [3.63, 3.8) is 0 Å². The molecule has 94 valence electrons. The maximum atomic E-state index is 12.8. The topological polar surface area (TPSA) is 50.2 Å². The number of hydrogen-bond donors (Lipinski definition) is 1. The van der Waals surface area contributed by atoms with Gasteiger partial charge in [-0.05, 0) is 24.1 Å². The van der Waals surface area contributed by atoms with Crippen LogP contribution in [0.25, 0.3) is 0 Å². The average Bonchev–Trinajstić information content (AvgIpc) is 2.84. The molecule has 0 aliphatic carbocycles. The van der Waals surface area contributed by atoms with E-state index < -0.39 is 11.9 Å². The SMILES string of the molecule is O=C(O)C(Cc1ccc(F)cc1)Cc1nccs1. The zero-order chi connectivity index (χ0) is 13.0. The number of carbonyl (C=O) groups is 1. The number of thiazole rings is 1. The Hall–Kier alpha value is -1.75. The lowest BCUT2D eigenvalue weighted by molar-refractivity contribution is -0.141. The van der Waals surface area contributed by atoms with Gasteiger partial charge in [-0.25, -0.2) is 9.37 Å². The molecule has 2 rings (SSSR count). The molecule has 0 aliphatic heterocycles. The Morgan fingerprint density at radius 1 is 1.33 bits per heavy atom. The smallest absolute Gasteiger partial charge is 0.307 e. The molecule has 1 N–H and O–H groups in total. The van der Waals surface area contributed by atoms with Crippen LogP contribution in [0.2, 0.25) is 0 Å². The Bertz CT molecular complexity index is 510. The number of carboxylic acid groups (broad SMARTS) is 1. The summed E-state index contributed by atoms with van der Waals surface area (Å²) in [6.45, 7) is 0. The van der Waals surface area contributed by atoms with Crippen molar-refractivity contribution in [2.45, 2.75) is 12.8 Å². The maximum absolute atomic E-state index is 12.8. The molecule has 0 fully saturated rings. The van der Waals surface area contributed by atoms with E-state index in [4.69, 9.17) is 0 Å². The van der Waals surface area contributed by atoms with Crippen LogP contribution in [0.3, 0.4) is 0 Å². The van der Waals surface area contributed by atoms with Crippen LogP contribution in [-0.2, 0) is 17.6 Å². The number of aliphatic carboxylic acids is 1. The Morgan fingerprint density at radius 3 is 2.61 bits per heavy atom. The van der Waals surface area contributed by atoms with Gasteiger partial charge in [0.1, 0.15) is 5.82 Å². The van der Waals surface area contributed by atoms with Crippen molar-refractivity contribution in [1.29, 1.82) is 0 Å². The second kappa shape index (κ2) is 5.73. The quantitative estimate of drug-likeness (QED) is 0.904. The van der Waals surface area contributed by atoms with Crippen molar-refractivity contribution in [1.82, 2.24) is 4.98 Å². The van der Waals surface area contributed by atoms with Crippen molar-refractivity contribution in [2.75, 3.05) is 0 Å². The van der Waals surface area contributed by atoms with Crippen molar-refractivity contribution >= 4 is 17.3 Å². The molecular formula is C13H12FNO2S. The third-order valence-corrected chi connectivity index (χ3v) is 3.45. The lowest BCUT2D eigenvalue weighted by atomic mass is 9.96. The van der Waals surface area contributed by atoms with Gasteiger partial charge < -0.3 is 5.11 Å². The first-order chi connectivity index (χ1) is 8.65. The van der Waals surface area contributed by atoms with Crippen LogP contribution in [0.4, 0.5) is 4.39 Å². The maximum Gasteiger partial charge on any atom is 0.307 e. The van der Waals surface area contributed by atoms with Gasteiger partial charge in [0, 0.05) is 18.0 Å². The second-order valence-corrected chi connectivity index (χ2v) is 4.97. The number of carboxylic acids is 1. The highest BCUT2D eigenvalue weighted by atomic mass is 32.1. The van der Waals surface area contributed by atoms with Crippen molar-refractivity contribution < 1.29 is 14.3 Å². The van der Waals surface area contributed by atoms with E-state index in [9.17, 15) is 14.3 Å². The molecule has 1 aromatic carbocycles. The first-order valence-electron chi connectivity index (χ1n) is 5.51. The standard InChI is InChI=1S/C13H12FNO2S/c14-11-3-1-9(2-4-11)7-10(13(16)17)8-12-15-5-6-18-12/h1-6,10H,7-8H2,(H,16,17). The van der Waals surface area contributed by atoms with E-state index in [0.29, 0.717) is 12.8 Å². The first-order valence-corrected chi connectivity index (χ1v) is 6.38. The van der Waals surface area contributed by atoms with Crippen molar-refractivity contribution in [3.05, 3.63) is 52.2 Å². The van der Waals surface area contributed by atoms with E-state index in [0.717, 1.165) is 10.6 Å². The number of aromatic nitrogens is 1. The first kappa shape index (κ1) is 12.7. The number of benzene rings is 1. The van der Waals surface area contributed by atoms with E-state index in [1.165, 1.54) is 23.5 Å². The minimum absolute atomic E-state index is 0.314. The molecule has 0 saturated carbocycles. The highest BCUT2D eigenvalue weighted by Crippen LogP contribution is 2.17. The summed E-state index contributed by atoms with van der Waals surface area (Å²) in [6, 6.07) is 5.93. The molecule has 5 heteroatoms. The van der Waals surface area contributed by atoms with E-state index in [1.807, 2.05) is 5.38 Å². The highest BCUT2D eigenvalue weighted by molar-refractivity contribution is 7.09. The normalized spacial score (nSPS) is 12.3. The van der Waals surface area contributed by atoms with Crippen LogP contribution in [0.1, 0.15) is 10.6 Å². The third kappa shape index (κ3) is 3.37. The predicted molar refractivity (Wildman–Crippen MR) is 67.0 cm³/mol. The molecule has 2 aromatic rings. The molecule has 3 nitrogen and oxygen atoms in total. The van der Waals surface area contributed by atoms with Crippen LogP contribution >= 0.6 is 11.3 Å². The number of halogens is 1. The lowest BCUT2D eigenvalue weighted by Gasteiger charge is -2.10. The Balaban J connectivity index is 2.06. The average molecular weight is 265 g/mol. The van der Waals surface area contributed by atoms with Gasteiger partial charge in [-0.15, -0.1) is 11.3 Å². The molecule has 1 aromatic heterocycles. The molecule has 1 atom stereocenters. The Labute approximate surface area is 108 Å². The van der Waals surface area contributed by atoms with Crippen LogP contribution in [-0.4, -0.2) is 16.1 Å². The Morgan fingerprint density at radius 2 is 2.06 bits per heavy atom. The number of hydrogen-bond acceptors (Lipinski definition) is 3. The summed E-state index contributed by atoms with van der Waals surface area (Å²) in [6.07, 6.45) is 2.45. The number of rotatable bonds is 5. The van der Waals surface area contributed by atoms with Gasteiger partial charge in [0.2, 0.25) is 0 Å².